The quantitative estimate of drug-likeness (QED) is 0.0239. The molecule has 0 fully saturated rings. The van der Waals surface area contributed by atoms with Gasteiger partial charge in [0.05, 0.1) is 39.9 Å². The summed E-state index contributed by atoms with van der Waals surface area (Å²) in [5.41, 5.74) is 0. The molecule has 0 radical (unpaired) electrons. The van der Waals surface area contributed by atoms with Gasteiger partial charge in [0.2, 0.25) is 5.91 Å². The van der Waals surface area contributed by atoms with E-state index in [1.165, 1.54) is 244 Å². The molecule has 0 rings (SSSR count). The number of unbranched alkanes of at least 4 members (excludes halogenated alkanes) is 42. The maximum atomic E-state index is 13.0. The van der Waals surface area contributed by atoms with Crippen molar-refractivity contribution in [1.29, 1.82) is 0 Å². The summed E-state index contributed by atoms with van der Waals surface area (Å²) in [5.74, 6) is -0.287. The van der Waals surface area contributed by atoms with Gasteiger partial charge in [-0.3, -0.25) is 9.36 Å². The summed E-state index contributed by atoms with van der Waals surface area (Å²) in [7, 11) is 1.11. The molecular weight excluding hydrogens is 940 g/mol. The zero-order chi connectivity index (χ0) is 54.3. The van der Waals surface area contributed by atoms with Crippen molar-refractivity contribution in [2.45, 2.75) is 340 Å². The lowest BCUT2D eigenvalue weighted by molar-refractivity contribution is -0.870. The van der Waals surface area contributed by atoms with Gasteiger partial charge >= 0.3 is 0 Å². The highest BCUT2D eigenvalue weighted by molar-refractivity contribution is 7.45. The van der Waals surface area contributed by atoms with E-state index in [1.54, 1.807) is 0 Å². The molecular formula is C64H127N2O7P. The third kappa shape index (κ3) is 55.7. The average Bonchev–Trinajstić information content (AvgIpc) is 3.36. The number of allylic oxidation sites excluding steroid dienone is 4. The van der Waals surface area contributed by atoms with Crippen molar-refractivity contribution < 1.29 is 38.0 Å². The highest BCUT2D eigenvalue weighted by atomic mass is 31.2. The molecule has 0 aliphatic rings. The van der Waals surface area contributed by atoms with Crippen LogP contribution in [-0.2, 0) is 18.4 Å². The van der Waals surface area contributed by atoms with Crippen molar-refractivity contribution in [1.82, 2.24) is 5.32 Å². The largest absolute Gasteiger partial charge is 0.756 e. The van der Waals surface area contributed by atoms with Crippen molar-refractivity contribution in [3.05, 3.63) is 24.3 Å². The Kier molecular flexibility index (Phi) is 54.5. The predicted octanol–water partition coefficient (Wildman–Crippen LogP) is 18.3. The lowest BCUT2D eigenvalue weighted by Crippen LogP contribution is -2.51. The second kappa shape index (κ2) is 55.3. The lowest BCUT2D eigenvalue weighted by atomic mass is 10.0. The fourth-order valence-corrected chi connectivity index (χ4v) is 10.6. The summed E-state index contributed by atoms with van der Waals surface area (Å²) in [6.07, 6.45) is 67.3. The third-order valence-corrected chi connectivity index (χ3v) is 16.0. The van der Waals surface area contributed by atoms with Crippen LogP contribution in [0.15, 0.2) is 24.3 Å². The Hall–Kier alpha value is -1.06. The fourth-order valence-electron chi connectivity index (χ4n) is 9.92. The van der Waals surface area contributed by atoms with Crippen LogP contribution >= 0.6 is 7.82 Å². The minimum absolute atomic E-state index is 0.0466. The number of rotatable bonds is 60. The molecule has 0 bridgehead atoms. The van der Waals surface area contributed by atoms with Crippen LogP contribution in [0.4, 0.5) is 0 Å². The molecule has 4 atom stereocenters. The van der Waals surface area contributed by atoms with E-state index in [1.807, 2.05) is 21.1 Å². The topological polar surface area (TPSA) is 128 Å². The van der Waals surface area contributed by atoms with Gasteiger partial charge in [0.1, 0.15) is 19.3 Å². The number of hydrogen-bond donors (Lipinski definition) is 3. The van der Waals surface area contributed by atoms with E-state index >= 15 is 0 Å². The summed E-state index contributed by atoms with van der Waals surface area (Å²) in [5, 5.41) is 24.7. The normalized spacial score (nSPS) is 14.3. The van der Waals surface area contributed by atoms with Gasteiger partial charge in [-0.05, 0) is 51.4 Å². The van der Waals surface area contributed by atoms with Gasteiger partial charge < -0.3 is 34.0 Å². The Labute approximate surface area is 460 Å². The van der Waals surface area contributed by atoms with E-state index in [4.69, 9.17) is 9.05 Å². The first-order chi connectivity index (χ1) is 35.9. The van der Waals surface area contributed by atoms with Crippen molar-refractivity contribution in [2.75, 3.05) is 40.9 Å². The van der Waals surface area contributed by atoms with Crippen LogP contribution < -0.4 is 10.2 Å². The molecule has 0 spiro atoms. The van der Waals surface area contributed by atoms with Crippen LogP contribution in [0.2, 0.25) is 0 Å². The van der Waals surface area contributed by atoms with E-state index in [9.17, 15) is 24.5 Å². The molecule has 0 saturated heterocycles. The summed E-state index contributed by atoms with van der Waals surface area (Å²) in [6, 6.07) is -1.09. The third-order valence-electron chi connectivity index (χ3n) is 15.0. The van der Waals surface area contributed by atoms with Gasteiger partial charge in [-0.2, -0.15) is 0 Å². The molecule has 3 N–H and O–H groups in total. The lowest BCUT2D eigenvalue weighted by Gasteiger charge is -2.31. The number of likely N-dealkylation sites (N-methyl/N-ethyl adjacent to an activating group) is 1. The molecule has 440 valence electrons. The minimum atomic E-state index is -4.68. The number of aliphatic hydroxyl groups is 2. The number of amides is 1. The zero-order valence-corrected chi connectivity index (χ0v) is 50.8. The fraction of sp³-hybridized carbons (Fsp3) is 0.922. The number of quaternary nitrogens is 1. The van der Waals surface area contributed by atoms with E-state index in [0.29, 0.717) is 30.3 Å². The average molecular weight is 1070 g/mol. The minimum Gasteiger partial charge on any atom is -0.756 e. The highest BCUT2D eigenvalue weighted by Gasteiger charge is 2.29. The van der Waals surface area contributed by atoms with Gasteiger partial charge in [0, 0.05) is 6.42 Å². The Balaban J connectivity index is 3.91. The molecule has 0 aromatic heterocycles. The highest BCUT2D eigenvalue weighted by Crippen LogP contribution is 2.38. The molecule has 10 heteroatoms. The van der Waals surface area contributed by atoms with Crippen molar-refractivity contribution in [3.63, 3.8) is 0 Å². The summed E-state index contributed by atoms with van der Waals surface area (Å²) >= 11 is 0. The second-order valence-corrected chi connectivity index (χ2v) is 25.0. The van der Waals surface area contributed by atoms with Gasteiger partial charge in [0.25, 0.3) is 7.82 Å². The van der Waals surface area contributed by atoms with Crippen LogP contribution in [-0.4, -0.2) is 79.8 Å². The summed E-state index contributed by atoms with van der Waals surface area (Å²) < 4.78 is 23.2. The van der Waals surface area contributed by atoms with Gasteiger partial charge in [-0.15, -0.1) is 0 Å². The number of carbonyl (C=O) groups excluding carboxylic acids is 1. The first-order valence-corrected chi connectivity index (χ1v) is 33.7. The van der Waals surface area contributed by atoms with Crippen LogP contribution in [0.25, 0.3) is 0 Å². The molecule has 0 saturated carbocycles. The smallest absolute Gasteiger partial charge is 0.268 e. The molecule has 0 aliphatic heterocycles. The van der Waals surface area contributed by atoms with E-state index in [0.717, 1.165) is 38.5 Å². The van der Waals surface area contributed by atoms with Crippen molar-refractivity contribution in [3.8, 4) is 0 Å². The van der Waals surface area contributed by atoms with Crippen molar-refractivity contribution >= 4 is 13.7 Å². The maximum Gasteiger partial charge on any atom is 0.268 e. The molecule has 0 aliphatic carbocycles. The number of carbonyl (C=O) groups is 1. The zero-order valence-electron chi connectivity index (χ0n) is 49.9. The number of phosphoric ester groups is 1. The Morgan fingerprint density at radius 1 is 0.473 bits per heavy atom. The molecule has 1 amide bonds. The van der Waals surface area contributed by atoms with Crippen LogP contribution in [0.3, 0.4) is 0 Å². The number of phosphoric acid groups is 1. The molecule has 74 heavy (non-hydrogen) atoms. The van der Waals surface area contributed by atoms with E-state index in [-0.39, 0.29) is 18.9 Å². The van der Waals surface area contributed by atoms with Crippen LogP contribution in [0.1, 0.15) is 322 Å². The van der Waals surface area contributed by atoms with Gasteiger partial charge in [-0.25, -0.2) is 0 Å². The molecule has 0 heterocycles. The van der Waals surface area contributed by atoms with Crippen molar-refractivity contribution in [2.24, 2.45) is 0 Å². The SMILES string of the molecule is CCCCC/C=C/CC/C=C/CCCC(O)C(O)C(COP(=O)([O-])OCC[N+](C)(C)C)NC(=O)CCCCCCCCCCCCCCCCCCCCCCCCCCCCCCCCCCCCCCCC. The maximum absolute atomic E-state index is 13.0. The predicted molar refractivity (Wildman–Crippen MR) is 318 cm³/mol. The van der Waals surface area contributed by atoms with E-state index in [2.05, 4.69) is 43.5 Å². The first kappa shape index (κ1) is 72.9. The number of hydrogen-bond acceptors (Lipinski definition) is 7. The van der Waals surface area contributed by atoms with Crippen LogP contribution in [0.5, 0.6) is 0 Å². The number of aliphatic hydroxyl groups excluding tert-OH is 2. The summed E-state index contributed by atoms with van der Waals surface area (Å²) in [6.45, 7) is 4.42. The van der Waals surface area contributed by atoms with Gasteiger partial charge in [0.15, 0.2) is 0 Å². The summed E-state index contributed by atoms with van der Waals surface area (Å²) in [4.78, 5) is 25.5. The monoisotopic (exact) mass is 1070 g/mol. The Morgan fingerprint density at radius 3 is 1.14 bits per heavy atom. The Morgan fingerprint density at radius 2 is 0.784 bits per heavy atom. The molecule has 4 unspecified atom stereocenters. The second-order valence-electron chi connectivity index (χ2n) is 23.6. The van der Waals surface area contributed by atoms with Gasteiger partial charge in [-0.1, -0.05) is 289 Å². The standard InChI is InChI=1S/C64H127N2O7P/c1-6-8-10-12-14-16-18-20-21-22-23-24-25-26-27-28-29-30-31-32-33-34-35-36-37-38-39-40-41-42-43-44-45-47-49-51-53-55-57-63(68)65-61(60-73-74(70,71)72-59-58-66(3,4)5)64(69)62(67)56-54-52-50-48-46-19-17-15-13-11-9-7-2/h15,17,48,50,61-62,64,67,69H,6-14,16,18-47,49,51-60H2,1-5H3,(H-,65,68,70,71)/b17-15+,50-48+. The van der Waals surface area contributed by atoms with Crippen LogP contribution in [0, 0.1) is 0 Å². The molecule has 9 nitrogen and oxygen atoms in total. The molecule has 0 aromatic rings. The number of nitrogens with one attached hydrogen (secondary N) is 1. The number of nitrogens with zero attached hydrogens (tertiary/aromatic N) is 1. The molecule has 0 aromatic carbocycles. The first-order valence-electron chi connectivity index (χ1n) is 32.3. The van der Waals surface area contributed by atoms with E-state index < -0.39 is 32.7 Å². The Bertz CT molecular complexity index is 1270.